The number of nitrogens with one attached hydrogen (secondary N) is 1. The first kappa shape index (κ1) is 38.4. The number of carboxylic acids is 1. The number of rotatable bonds is 9. The fourth-order valence-electron chi connectivity index (χ4n) is 13.7. The maximum atomic E-state index is 14.5. The zero-order valence-electron chi connectivity index (χ0n) is 32.6. The highest BCUT2D eigenvalue weighted by atomic mass is 35.5. The second-order valence-electron chi connectivity index (χ2n) is 19.9. The molecule has 1 amide bonds. The molecule has 0 radical (unpaired) electrons. The number of carbonyl (C=O) groups excluding carboxylic acids is 2. The SMILES string of the molecule is C=C(C)[C@@H]1CC[C@]2(C(=O)NCc3ccc(Cl)cc3)CC[C@]3(C)[C@H](CC[C@@H]4[C@@]5(C)CC[C@H](OC(=O)CC(C)(C)CC(=O)O)C(C)(C)[C@@H]5CC[C@]43C)[C@@H]12. The molecule has 0 saturated heterocycles. The molecule has 5 fully saturated rings. The molecule has 5 saturated carbocycles. The zero-order valence-corrected chi connectivity index (χ0v) is 33.4. The minimum absolute atomic E-state index is 0.0555. The first-order valence-electron chi connectivity index (χ1n) is 19.8. The summed E-state index contributed by atoms with van der Waals surface area (Å²) in [5, 5.41) is 13.4. The average Bonchev–Trinajstić information content (AvgIpc) is 3.43. The number of allylic oxidation sites excluding steroid dienone is 1. The predicted molar refractivity (Wildman–Crippen MR) is 203 cm³/mol. The van der Waals surface area contributed by atoms with Crippen molar-refractivity contribution in [3.8, 4) is 0 Å². The van der Waals surface area contributed by atoms with Crippen molar-refractivity contribution in [2.24, 2.45) is 62.1 Å². The molecular weight excluding hydrogens is 658 g/mol. The Morgan fingerprint density at radius 1 is 0.882 bits per heavy atom. The molecule has 2 N–H and O–H groups in total. The van der Waals surface area contributed by atoms with Gasteiger partial charge in [0.25, 0.3) is 0 Å². The molecule has 0 aliphatic heterocycles. The molecule has 5 aliphatic carbocycles. The van der Waals surface area contributed by atoms with E-state index in [1.807, 2.05) is 38.1 Å². The number of esters is 1. The summed E-state index contributed by atoms with van der Waals surface area (Å²) in [5.74, 6) is 1.20. The average molecular weight is 722 g/mol. The van der Waals surface area contributed by atoms with Crippen LogP contribution >= 0.6 is 11.6 Å². The Balaban J connectivity index is 1.23. The smallest absolute Gasteiger partial charge is 0.306 e. The largest absolute Gasteiger partial charge is 0.481 e. The van der Waals surface area contributed by atoms with Crippen LogP contribution in [0.15, 0.2) is 36.4 Å². The van der Waals surface area contributed by atoms with E-state index in [0.717, 1.165) is 63.4 Å². The van der Waals surface area contributed by atoms with Gasteiger partial charge in [0.1, 0.15) is 6.10 Å². The van der Waals surface area contributed by atoms with Gasteiger partial charge >= 0.3 is 11.9 Å². The van der Waals surface area contributed by atoms with Gasteiger partial charge in [-0.1, -0.05) is 84.4 Å². The van der Waals surface area contributed by atoms with Crippen molar-refractivity contribution in [2.45, 2.75) is 145 Å². The van der Waals surface area contributed by atoms with Crippen LogP contribution in [-0.4, -0.2) is 29.1 Å². The first-order chi connectivity index (χ1) is 23.7. The zero-order chi connectivity index (χ0) is 37.4. The van der Waals surface area contributed by atoms with Crippen molar-refractivity contribution in [3.63, 3.8) is 0 Å². The van der Waals surface area contributed by atoms with E-state index in [4.69, 9.17) is 16.3 Å². The number of amides is 1. The van der Waals surface area contributed by atoms with Crippen molar-refractivity contribution in [1.29, 1.82) is 0 Å². The number of aliphatic carboxylic acids is 1. The highest BCUT2D eigenvalue weighted by molar-refractivity contribution is 6.30. The molecule has 0 aromatic heterocycles. The van der Waals surface area contributed by atoms with Crippen molar-refractivity contribution >= 4 is 29.4 Å². The van der Waals surface area contributed by atoms with E-state index in [0.29, 0.717) is 41.2 Å². The van der Waals surface area contributed by atoms with Crippen LogP contribution in [0.25, 0.3) is 0 Å². The lowest BCUT2D eigenvalue weighted by molar-refractivity contribution is -0.249. The van der Waals surface area contributed by atoms with Crippen molar-refractivity contribution in [3.05, 3.63) is 47.0 Å². The summed E-state index contributed by atoms with van der Waals surface area (Å²) in [7, 11) is 0. The first-order valence-corrected chi connectivity index (χ1v) is 20.2. The van der Waals surface area contributed by atoms with Crippen LogP contribution in [0.3, 0.4) is 0 Å². The van der Waals surface area contributed by atoms with Crippen LogP contribution in [0.2, 0.25) is 5.02 Å². The number of benzene rings is 1. The van der Waals surface area contributed by atoms with E-state index in [-0.39, 0.29) is 57.9 Å². The molecule has 0 heterocycles. The summed E-state index contributed by atoms with van der Waals surface area (Å²) < 4.78 is 6.27. The van der Waals surface area contributed by atoms with E-state index >= 15 is 0 Å². The fraction of sp³-hybridized carbons (Fsp3) is 0.750. The predicted octanol–water partition coefficient (Wildman–Crippen LogP) is 10.4. The van der Waals surface area contributed by atoms with Crippen LogP contribution in [0.5, 0.6) is 0 Å². The molecule has 0 spiro atoms. The summed E-state index contributed by atoms with van der Waals surface area (Å²) in [5.41, 5.74) is 1.53. The summed E-state index contributed by atoms with van der Waals surface area (Å²) in [6.45, 7) is 23.3. The Morgan fingerprint density at radius 2 is 1.57 bits per heavy atom. The molecule has 6 rings (SSSR count). The highest BCUT2D eigenvalue weighted by Gasteiger charge is 2.72. The van der Waals surface area contributed by atoms with Gasteiger partial charge in [-0.25, -0.2) is 0 Å². The molecule has 10 atom stereocenters. The Labute approximate surface area is 312 Å². The summed E-state index contributed by atoms with van der Waals surface area (Å²) in [6, 6.07) is 7.79. The molecule has 7 heteroatoms. The van der Waals surface area contributed by atoms with Gasteiger partial charge < -0.3 is 15.2 Å². The number of fused-ring (bicyclic) bond motifs is 7. The highest BCUT2D eigenvalue weighted by Crippen LogP contribution is 2.77. The van der Waals surface area contributed by atoms with Gasteiger partial charge in [-0.3, -0.25) is 14.4 Å². The van der Waals surface area contributed by atoms with Crippen LogP contribution < -0.4 is 5.32 Å². The quantitative estimate of drug-likeness (QED) is 0.196. The van der Waals surface area contributed by atoms with Gasteiger partial charge in [0.05, 0.1) is 18.3 Å². The van der Waals surface area contributed by atoms with Gasteiger partial charge in [-0.05, 0) is 140 Å². The Hall–Kier alpha value is -2.34. The fourth-order valence-corrected chi connectivity index (χ4v) is 13.9. The number of carbonyl (C=O) groups is 3. The van der Waals surface area contributed by atoms with Crippen LogP contribution in [0.1, 0.15) is 138 Å². The lowest BCUT2D eigenvalue weighted by Crippen LogP contribution is -2.67. The molecule has 6 nitrogen and oxygen atoms in total. The Bertz CT molecular complexity index is 1550. The molecule has 282 valence electrons. The lowest BCUT2D eigenvalue weighted by atomic mass is 9.32. The third-order valence-corrected chi connectivity index (χ3v) is 16.6. The molecule has 1 aromatic rings. The van der Waals surface area contributed by atoms with Crippen molar-refractivity contribution in [1.82, 2.24) is 5.32 Å². The third kappa shape index (κ3) is 6.29. The van der Waals surface area contributed by atoms with Crippen LogP contribution in [0, 0.1) is 62.1 Å². The van der Waals surface area contributed by atoms with Gasteiger partial charge in [-0.15, -0.1) is 0 Å². The number of hydrogen-bond donors (Lipinski definition) is 2. The van der Waals surface area contributed by atoms with Crippen molar-refractivity contribution in [2.75, 3.05) is 0 Å². The molecule has 0 unspecified atom stereocenters. The summed E-state index contributed by atoms with van der Waals surface area (Å²) in [6.07, 6.45) is 10.4. The van der Waals surface area contributed by atoms with E-state index < -0.39 is 11.4 Å². The number of carboxylic acid groups (broad SMARTS) is 1. The summed E-state index contributed by atoms with van der Waals surface area (Å²) in [4.78, 5) is 39.1. The molecule has 1 aromatic carbocycles. The minimum atomic E-state index is -0.889. The maximum Gasteiger partial charge on any atom is 0.306 e. The topological polar surface area (TPSA) is 92.7 Å². The monoisotopic (exact) mass is 721 g/mol. The Morgan fingerprint density at radius 3 is 2.22 bits per heavy atom. The number of ether oxygens (including phenoxy) is 1. The minimum Gasteiger partial charge on any atom is -0.481 e. The van der Waals surface area contributed by atoms with Gasteiger partial charge in [-0.2, -0.15) is 0 Å². The van der Waals surface area contributed by atoms with Gasteiger partial charge in [0.15, 0.2) is 0 Å². The number of hydrogen-bond acceptors (Lipinski definition) is 4. The molecular formula is C44H64ClNO5. The second kappa shape index (κ2) is 13.2. The van der Waals surface area contributed by atoms with Gasteiger partial charge in [0.2, 0.25) is 5.91 Å². The normalized spacial score (nSPS) is 39.8. The maximum absolute atomic E-state index is 14.5. The summed E-state index contributed by atoms with van der Waals surface area (Å²) >= 11 is 6.14. The van der Waals surface area contributed by atoms with Crippen LogP contribution in [-0.2, 0) is 25.7 Å². The second-order valence-corrected chi connectivity index (χ2v) is 20.3. The standard InChI is InChI=1S/C44H64ClNO5/c1-27(2)30-16-21-44(38(50)46-26-28-10-12-29(45)13-11-28)23-22-42(8)31(37(30)44)14-15-33-41(7)19-18-34(40(5,6)32(41)17-20-43(33,42)9)51-36(49)25-39(3,4)24-35(47)48/h10-13,30-34,37H,1,14-26H2,2-9H3,(H,46,50)(H,47,48)/t30-,31+,32-,33+,34-,37+,41-,42+,43+,44-/m0/s1. The van der Waals surface area contributed by atoms with Gasteiger partial charge in [0, 0.05) is 17.0 Å². The molecule has 51 heavy (non-hydrogen) atoms. The van der Waals surface area contributed by atoms with E-state index in [1.165, 1.54) is 12.0 Å². The van der Waals surface area contributed by atoms with E-state index in [2.05, 4.69) is 53.4 Å². The van der Waals surface area contributed by atoms with E-state index in [1.54, 1.807) is 0 Å². The molecule has 0 bridgehead atoms. The third-order valence-electron chi connectivity index (χ3n) is 16.4. The van der Waals surface area contributed by atoms with Crippen molar-refractivity contribution < 1.29 is 24.2 Å². The molecule has 5 aliphatic rings. The Kier molecular flexibility index (Phi) is 9.94. The van der Waals surface area contributed by atoms with E-state index in [9.17, 15) is 19.5 Å². The van der Waals surface area contributed by atoms with Crippen LogP contribution in [0.4, 0.5) is 0 Å². The lowest BCUT2D eigenvalue weighted by Gasteiger charge is -2.72. The number of halogens is 1.